The van der Waals surface area contributed by atoms with Crippen molar-refractivity contribution in [1.29, 1.82) is 0 Å². The Balaban J connectivity index is 3.03. The van der Waals surface area contributed by atoms with Gasteiger partial charge in [0.15, 0.2) is 0 Å². The molecule has 0 aliphatic heterocycles. The van der Waals surface area contributed by atoms with Crippen LogP contribution in [0.5, 0.6) is 0 Å². The first-order valence-electron chi connectivity index (χ1n) is 5.30. The van der Waals surface area contributed by atoms with Gasteiger partial charge in [0.2, 0.25) is 10.0 Å². The maximum Gasteiger partial charge on any atom is 0.345 e. The zero-order chi connectivity index (χ0) is 14.8. The van der Waals surface area contributed by atoms with Gasteiger partial charge in [-0.1, -0.05) is 0 Å². The highest BCUT2D eigenvalue weighted by Gasteiger charge is 2.27. The molecular formula is C10H15BrN2O4S2. The molecule has 1 aromatic rings. The fraction of sp³-hybridized carbons (Fsp3) is 0.500. The summed E-state index contributed by atoms with van der Waals surface area (Å²) in [4.78, 5) is 12.7. The Morgan fingerprint density at radius 1 is 1.37 bits per heavy atom. The van der Waals surface area contributed by atoms with Crippen LogP contribution in [0.2, 0.25) is 0 Å². The van der Waals surface area contributed by atoms with Crippen molar-refractivity contribution in [2.75, 3.05) is 34.2 Å². The molecule has 0 saturated heterocycles. The van der Waals surface area contributed by atoms with Crippen LogP contribution in [0.3, 0.4) is 0 Å². The lowest BCUT2D eigenvalue weighted by atomic mass is 10.5. The predicted octanol–water partition coefficient (Wildman–Crippen LogP) is 1.39. The van der Waals surface area contributed by atoms with Gasteiger partial charge in [-0.15, -0.1) is 11.3 Å². The number of thiophene rings is 1. The molecule has 0 bridgehead atoms. The van der Waals surface area contributed by atoms with Crippen LogP contribution in [-0.4, -0.2) is 62.9 Å². The summed E-state index contributed by atoms with van der Waals surface area (Å²) < 4.78 is 26.1. The monoisotopic (exact) mass is 370 g/mol. The third-order valence-corrected chi connectivity index (χ3v) is 6.51. The number of likely N-dealkylation sites (N-methyl/N-ethyl adjacent to an activating group) is 2. The van der Waals surface area contributed by atoms with Gasteiger partial charge in [0.25, 0.3) is 0 Å². The molecule has 1 N–H and O–H groups in total. The number of hydrogen-bond acceptors (Lipinski definition) is 5. The molecule has 0 aliphatic carbocycles. The van der Waals surface area contributed by atoms with Crippen LogP contribution in [0.15, 0.2) is 14.7 Å². The summed E-state index contributed by atoms with van der Waals surface area (Å²) in [7, 11) is 1.51. The van der Waals surface area contributed by atoms with E-state index in [2.05, 4.69) is 15.9 Å². The molecule has 0 aliphatic rings. The molecule has 9 heteroatoms. The van der Waals surface area contributed by atoms with Crippen molar-refractivity contribution in [2.45, 2.75) is 4.90 Å². The Labute approximate surface area is 124 Å². The van der Waals surface area contributed by atoms with E-state index in [-0.39, 0.29) is 9.77 Å². The first-order valence-corrected chi connectivity index (χ1v) is 8.35. The minimum atomic E-state index is -3.67. The lowest BCUT2D eigenvalue weighted by Gasteiger charge is -2.19. The van der Waals surface area contributed by atoms with E-state index >= 15 is 0 Å². The Morgan fingerprint density at radius 3 is 2.37 bits per heavy atom. The van der Waals surface area contributed by atoms with Gasteiger partial charge < -0.3 is 10.0 Å². The first kappa shape index (κ1) is 16.6. The summed E-state index contributed by atoms with van der Waals surface area (Å²) in [5, 5.41) is 8.88. The van der Waals surface area contributed by atoms with Crippen LogP contribution in [0.25, 0.3) is 0 Å². The van der Waals surface area contributed by atoms with E-state index in [0.717, 1.165) is 11.3 Å². The standard InChI is InChI=1S/C10H15BrN2O4S2/c1-12(2)4-5-13(3)19(16,17)8-6-7(10(14)15)18-9(8)11/h6H,4-5H2,1-3H3,(H,14,15). The zero-order valence-corrected chi connectivity index (χ0v) is 14.0. The van der Waals surface area contributed by atoms with Gasteiger partial charge >= 0.3 is 5.97 Å². The third kappa shape index (κ3) is 3.99. The molecule has 0 amide bonds. The van der Waals surface area contributed by atoms with Crippen molar-refractivity contribution in [1.82, 2.24) is 9.21 Å². The summed E-state index contributed by atoms with van der Waals surface area (Å²) in [5.41, 5.74) is 0. The van der Waals surface area contributed by atoms with E-state index in [0.29, 0.717) is 16.9 Å². The number of halogens is 1. The van der Waals surface area contributed by atoms with Gasteiger partial charge in [0.05, 0.1) is 3.79 Å². The van der Waals surface area contributed by atoms with Crippen LogP contribution in [0, 0.1) is 0 Å². The minimum absolute atomic E-state index is 0.00356. The van der Waals surface area contributed by atoms with Crippen LogP contribution < -0.4 is 0 Å². The Bertz CT molecular complexity index is 568. The highest BCUT2D eigenvalue weighted by atomic mass is 79.9. The molecule has 19 heavy (non-hydrogen) atoms. The molecular weight excluding hydrogens is 356 g/mol. The second kappa shape index (κ2) is 6.31. The lowest BCUT2D eigenvalue weighted by Crippen LogP contribution is -2.33. The predicted molar refractivity (Wildman–Crippen MR) is 77.3 cm³/mol. The van der Waals surface area contributed by atoms with Gasteiger partial charge in [0.1, 0.15) is 9.77 Å². The van der Waals surface area contributed by atoms with Crippen LogP contribution in [0.1, 0.15) is 9.67 Å². The molecule has 6 nitrogen and oxygen atoms in total. The molecule has 108 valence electrons. The van der Waals surface area contributed by atoms with E-state index in [1.165, 1.54) is 17.4 Å². The highest BCUT2D eigenvalue weighted by Crippen LogP contribution is 2.33. The number of rotatable bonds is 6. The van der Waals surface area contributed by atoms with Crippen molar-refractivity contribution in [2.24, 2.45) is 0 Å². The maximum absolute atomic E-state index is 12.3. The highest BCUT2D eigenvalue weighted by molar-refractivity contribution is 9.11. The molecule has 0 unspecified atom stereocenters. The first-order chi connectivity index (χ1) is 8.66. The Hall–Kier alpha value is -0.480. The second-order valence-corrected chi connectivity index (χ2v) is 8.57. The van der Waals surface area contributed by atoms with Crippen LogP contribution in [-0.2, 0) is 10.0 Å². The smallest absolute Gasteiger partial charge is 0.345 e. The molecule has 0 aromatic carbocycles. The zero-order valence-electron chi connectivity index (χ0n) is 10.8. The van der Waals surface area contributed by atoms with Gasteiger partial charge in [-0.3, -0.25) is 0 Å². The van der Waals surface area contributed by atoms with Crippen molar-refractivity contribution in [3.63, 3.8) is 0 Å². The summed E-state index contributed by atoms with van der Waals surface area (Å²) in [6.07, 6.45) is 0. The number of sulfonamides is 1. The average molecular weight is 371 g/mol. The van der Waals surface area contributed by atoms with Gasteiger partial charge in [-0.25, -0.2) is 13.2 Å². The summed E-state index contributed by atoms with van der Waals surface area (Å²) in [6, 6.07) is 1.18. The minimum Gasteiger partial charge on any atom is -0.477 e. The topological polar surface area (TPSA) is 77.9 Å². The SMILES string of the molecule is CN(C)CCN(C)S(=O)(=O)c1cc(C(=O)O)sc1Br. The van der Waals surface area contributed by atoms with Gasteiger partial charge in [-0.05, 0) is 36.1 Å². The third-order valence-electron chi connectivity index (χ3n) is 2.42. The molecule has 0 spiro atoms. The van der Waals surface area contributed by atoms with Crippen molar-refractivity contribution >= 4 is 43.3 Å². The summed E-state index contributed by atoms with van der Waals surface area (Å²) >= 11 is 4.00. The average Bonchev–Trinajstić information content (AvgIpc) is 2.68. The van der Waals surface area contributed by atoms with E-state index in [1.54, 1.807) is 0 Å². The summed E-state index contributed by atoms with van der Waals surface area (Å²) in [5.74, 6) is -1.14. The molecule has 0 saturated carbocycles. The number of carboxylic acid groups (broad SMARTS) is 1. The van der Waals surface area contributed by atoms with E-state index < -0.39 is 16.0 Å². The Kier molecular flexibility index (Phi) is 5.51. The molecule has 0 radical (unpaired) electrons. The van der Waals surface area contributed by atoms with Crippen molar-refractivity contribution in [3.8, 4) is 0 Å². The fourth-order valence-corrected chi connectivity index (χ4v) is 4.77. The molecule has 1 rings (SSSR count). The lowest BCUT2D eigenvalue weighted by molar-refractivity contribution is 0.0702. The van der Waals surface area contributed by atoms with E-state index in [4.69, 9.17) is 5.11 Å². The quantitative estimate of drug-likeness (QED) is 0.818. The summed E-state index contributed by atoms with van der Waals surface area (Å²) in [6.45, 7) is 0.920. The number of nitrogens with zero attached hydrogens (tertiary/aromatic N) is 2. The maximum atomic E-state index is 12.3. The number of aromatic carboxylic acids is 1. The van der Waals surface area contributed by atoms with E-state index in [1.807, 2.05) is 19.0 Å². The normalized spacial score (nSPS) is 12.3. The van der Waals surface area contributed by atoms with E-state index in [9.17, 15) is 13.2 Å². The molecule has 1 heterocycles. The molecule has 0 atom stereocenters. The van der Waals surface area contributed by atoms with Crippen LogP contribution >= 0.6 is 27.3 Å². The fourth-order valence-electron chi connectivity index (χ4n) is 1.26. The van der Waals surface area contributed by atoms with Gasteiger partial charge in [0, 0.05) is 20.1 Å². The number of carboxylic acids is 1. The van der Waals surface area contributed by atoms with Crippen LogP contribution in [0.4, 0.5) is 0 Å². The van der Waals surface area contributed by atoms with Crippen molar-refractivity contribution in [3.05, 3.63) is 14.7 Å². The van der Waals surface area contributed by atoms with Crippen molar-refractivity contribution < 1.29 is 18.3 Å². The van der Waals surface area contributed by atoms with Gasteiger partial charge in [-0.2, -0.15) is 4.31 Å². The number of carbonyl (C=O) groups is 1. The number of hydrogen-bond donors (Lipinski definition) is 1. The second-order valence-electron chi connectivity index (χ2n) is 4.18. The Morgan fingerprint density at radius 2 is 1.95 bits per heavy atom. The largest absolute Gasteiger partial charge is 0.477 e. The molecule has 0 fully saturated rings. The molecule has 1 aromatic heterocycles.